The molecule has 2 aromatic carbocycles. The van der Waals surface area contributed by atoms with Crippen LogP contribution in [-0.2, 0) is 0 Å². The maximum atomic E-state index is 6.31. The Morgan fingerprint density at radius 2 is 1.81 bits per heavy atom. The van der Waals surface area contributed by atoms with Gasteiger partial charge in [0.2, 0.25) is 0 Å². The molecular formula is C21H25ClN4. The van der Waals surface area contributed by atoms with Gasteiger partial charge in [0.05, 0.1) is 5.71 Å². The quantitative estimate of drug-likeness (QED) is 0.831. The molecule has 0 saturated heterocycles. The molecule has 1 aliphatic rings. The minimum absolute atomic E-state index is 0.147. The standard InChI is InChI=1S/C21H25ClN4/c1-4-23-20-21(26(5-2)6-3)25-19(15-10-8-7-9-11-15)17-14-16(22)12-13-18(17)24-20/h7-14,21H,4-6H2,1-3H3,(H,23,24). The largest absolute Gasteiger partial charge is 0.341 e. The monoisotopic (exact) mass is 368 g/mol. The summed E-state index contributed by atoms with van der Waals surface area (Å²) < 4.78 is 0. The van der Waals surface area contributed by atoms with Gasteiger partial charge in [0.25, 0.3) is 0 Å². The average Bonchev–Trinajstić information content (AvgIpc) is 2.81. The highest BCUT2D eigenvalue weighted by atomic mass is 35.5. The average molecular weight is 369 g/mol. The molecule has 1 aliphatic heterocycles. The first-order valence-corrected chi connectivity index (χ1v) is 9.54. The van der Waals surface area contributed by atoms with E-state index in [4.69, 9.17) is 21.6 Å². The van der Waals surface area contributed by atoms with Crippen LogP contribution in [0.25, 0.3) is 0 Å². The Morgan fingerprint density at radius 1 is 1.08 bits per heavy atom. The molecule has 1 atom stereocenters. The first-order chi connectivity index (χ1) is 12.7. The Bertz CT molecular complexity index is 810. The van der Waals surface area contributed by atoms with E-state index in [-0.39, 0.29) is 6.17 Å². The van der Waals surface area contributed by atoms with E-state index in [2.05, 4.69) is 36.2 Å². The number of aliphatic imine (C=N–C) groups is 2. The molecule has 5 heteroatoms. The number of nitrogens with one attached hydrogen (secondary N) is 1. The van der Waals surface area contributed by atoms with Crippen molar-refractivity contribution in [2.45, 2.75) is 26.9 Å². The molecular weight excluding hydrogens is 344 g/mol. The van der Waals surface area contributed by atoms with Crippen molar-refractivity contribution in [2.24, 2.45) is 9.98 Å². The van der Waals surface area contributed by atoms with Gasteiger partial charge in [-0.05, 0) is 38.2 Å². The summed E-state index contributed by atoms with van der Waals surface area (Å²) >= 11 is 6.31. The number of rotatable bonds is 5. The number of benzodiazepines with no additional fused rings is 1. The normalized spacial score (nSPS) is 18.3. The van der Waals surface area contributed by atoms with E-state index >= 15 is 0 Å². The molecule has 0 saturated carbocycles. The topological polar surface area (TPSA) is 40.0 Å². The van der Waals surface area contributed by atoms with Crippen LogP contribution in [0.1, 0.15) is 31.9 Å². The van der Waals surface area contributed by atoms with Crippen LogP contribution < -0.4 is 5.32 Å². The van der Waals surface area contributed by atoms with Crippen LogP contribution in [0.15, 0.2) is 58.5 Å². The molecule has 0 spiro atoms. The Morgan fingerprint density at radius 3 is 2.46 bits per heavy atom. The lowest BCUT2D eigenvalue weighted by Crippen LogP contribution is -2.42. The third-order valence-electron chi connectivity index (χ3n) is 4.53. The van der Waals surface area contributed by atoms with Gasteiger partial charge in [-0.15, -0.1) is 0 Å². The van der Waals surface area contributed by atoms with Gasteiger partial charge in [0.1, 0.15) is 5.84 Å². The van der Waals surface area contributed by atoms with Gasteiger partial charge in [0, 0.05) is 28.4 Å². The van der Waals surface area contributed by atoms with E-state index in [0.29, 0.717) is 11.6 Å². The van der Waals surface area contributed by atoms with E-state index in [9.17, 15) is 0 Å². The maximum absolute atomic E-state index is 6.31. The molecule has 1 heterocycles. The molecule has 0 fully saturated rings. The third-order valence-corrected chi connectivity index (χ3v) is 4.76. The van der Waals surface area contributed by atoms with Crippen molar-refractivity contribution in [3.05, 3.63) is 64.7 Å². The van der Waals surface area contributed by atoms with Crippen LogP contribution in [-0.4, -0.2) is 42.2 Å². The highest BCUT2D eigenvalue weighted by molar-refractivity contribution is 6.32. The highest BCUT2D eigenvalue weighted by Gasteiger charge is 2.27. The summed E-state index contributed by atoms with van der Waals surface area (Å²) in [5.41, 5.74) is 4.00. The number of hydrogen-bond acceptors (Lipinski definition) is 3. The first-order valence-electron chi connectivity index (χ1n) is 9.16. The van der Waals surface area contributed by atoms with Gasteiger partial charge in [-0.1, -0.05) is 55.8 Å². The summed E-state index contributed by atoms with van der Waals surface area (Å²) in [5.74, 6) is 0.880. The zero-order chi connectivity index (χ0) is 18.5. The molecule has 26 heavy (non-hydrogen) atoms. The molecule has 0 radical (unpaired) electrons. The number of hydrogen-bond donors (Lipinski definition) is 1. The highest BCUT2D eigenvalue weighted by Crippen LogP contribution is 2.28. The lowest BCUT2D eigenvalue weighted by atomic mass is 10.0. The second-order valence-corrected chi connectivity index (χ2v) is 6.55. The Hall–Kier alpha value is -2.17. The lowest BCUT2D eigenvalue weighted by molar-refractivity contribution is 0.274. The molecule has 1 unspecified atom stereocenters. The minimum Gasteiger partial charge on any atom is -0.341 e. The van der Waals surface area contributed by atoms with Gasteiger partial charge in [0.15, 0.2) is 6.17 Å². The van der Waals surface area contributed by atoms with Crippen molar-refractivity contribution < 1.29 is 0 Å². The molecule has 0 aliphatic carbocycles. The number of anilines is 1. The van der Waals surface area contributed by atoms with Crippen molar-refractivity contribution in [1.29, 1.82) is 0 Å². The summed E-state index contributed by atoms with van der Waals surface area (Å²) in [6, 6.07) is 16.1. The number of nitrogens with zero attached hydrogens (tertiary/aromatic N) is 3. The third kappa shape index (κ3) is 3.81. The minimum atomic E-state index is -0.147. The van der Waals surface area contributed by atoms with Gasteiger partial charge in [-0.3, -0.25) is 14.9 Å². The molecule has 1 N–H and O–H groups in total. The first kappa shape index (κ1) is 18.6. The zero-order valence-electron chi connectivity index (χ0n) is 15.5. The fourth-order valence-corrected chi connectivity index (χ4v) is 3.39. The summed E-state index contributed by atoms with van der Waals surface area (Å²) in [4.78, 5) is 12.2. The molecule has 2 aromatic rings. The number of likely N-dealkylation sites (N-methyl/N-ethyl adjacent to an activating group) is 1. The molecule has 4 nitrogen and oxygen atoms in total. The Kier molecular flexibility index (Phi) is 6.07. The van der Waals surface area contributed by atoms with Gasteiger partial charge >= 0.3 is 0 Å². The van der Waals surface area contributed by atoms with Crippen LogP contribution in [0, 0.1) is 0 Å². The van der Waals surface area contributed by atoms with Crippen molar-refractivity contribution in [1.82, 2.24) is 4.90 Å². The van der Waals surface area contributed by atoms with Gasteiger partial charge in [-0.25, -0.2) is 0 Å². The number of fused-ring (bicyclic) bond motifs is 1. The predicted octanol–water partition coefficient (Wildman–Crippen LogP) is 4.69. The van der Waals surface area contributed by atoms with Crippen LogP contribution in [0.3, 0.4) is 0 Å². The second-order valence-electron chi connectivity index (χ2n) is 6.11. The molecule has 3 rings (SSSR count). The van der Waals surface area contributed by atoms with Crippen LogP contribution >= 0.6 is 11.6 Å². The smallest absolute Gasteiger partial charge is 0.161 e. The lowest BCUT2D eigenvalue weighted by Gasteiger charge is -2.27. The fourth-order valence-electron chi connectivity index (χ4n) is 3.22. The van der Waals surface area contributed by atoms with Crippen molar-refractivity contribution in [3.63, 3.8) is 0 Å². The maximum Gasteiger partial charge on any atom is 0.161 e. The fraction of sp³-hybridized carbons (Fsp3) is 0.333. The number of halogens is 1. The SMILES string of the molecule is CCN=C1Nc2ccc(Cl)cc2C(c2ccccc2)=NC1N(CC)CC. The molecule has 0 bridgehead atoms. The van der Waals surface area contributed by atoms with Crippen LogP contribution in [0.5, 0.6) is 0 Å². The summed E-state index contributed by atoms with van der Waals surface area (Å²) in [6.07, 6.45) is -0.147. The van der Waals surface area contributed by atoms with Crippen molar-refractivity contribution in [2.75, 3.05) is 25.0 Å². The van der Waals surface area contributed by atoms with Gasteiger partial charge in [-0.2, -0.15) is 0 Å². The summed E-state index contributed by atoms with van der Waals surface area (Å²) in [7, 11) is 0. The van der Waals surface area contributed by atoms with Crippen LogP contribution in [0.2, 0.25) is 5.02 Å². The molecule has 136 valence electrons. The number of amidine groups is 1. The van der Waals surface area contributed by atoms with E-state index in [0.717, 1.165) is 41.5 Å². The van der Waals surface area contributed by atoms with Gasteiger partial charge < -0.3 is 5.32 Å². The van der Waals surface area contributed by atoms with E-state index in [1.165, 1.54) is 0 Å². The van der Waals surface area contributed by atoms with E-state index in [1.807, 2.05) is 43.3 Å². The van der Waals surface area contributed by atoms with Crippen molar-refractivity contribution in [3.8, 4) is 0 Å². The summed E-state index contributed by atoms with van der Waals surface area (Å²) in [6.45, 7) is 8.85. The number of benzene rings is 2. The summed E-state index contributed by atoms with van der Waals surface area (Å²) in [5, 5.41) is 4.22. The molecule has 0 aromatic heterocycles. The van der Waals surface area contributed by atoms with Crippen molar-refractivity contribution >= 4 is 28.8 Å². The van der Waals surface area contributed by atoms with E-state index < -0.39 is 0 Å². The molecule has 0 amide bonds. The predicted molar refractivity (Wildman–Crippen MR) is 112 cm³/mol. The Labute approximate surface area is 160 Å². The van der Waals surface area contributed by atoms with Crippen LogP contribution in [0.4, 0.5) is 5.69 Å². The Balaban J connectivity index is 2.24. The zero-order valence-corrected chi connectivity index (χ0v) is 16.3. The second kappa shape index (κ2) is 8.47. The van der Waals surface area contributed by atoms with E-state index in [1.54, 1.807) is 0 Å².